The van der Waals surface area contributed by atoms with E-state index in [2.05, 4.69) is 20.2 Å². The molecule has 0 radical (unpaired) electrons. The second kappa shape index (κ2) is 7.71. The molecule has 4 rings (SSSR count). The van der Waals surface area contributed by atoms with Crippen LogP contribution >= 0.6 is 0 Å². The zero-order chi connectivity index (χ0) is 18.6. The van der Waals surface area contributed by atoms with E-state index in [1.165, 1.54) is 0 Å². The highest BCUT2D eigenvalue weighted by atomic mass is 16.5. The molecular weight excluding hydrogens is 346 g/mol. The van der Waals surface area contributed by atoms with Crippen molar-refractivity contribution in [3.63, 3.8) is 0 Å². The number of nitrogens with one attached hydrogen (secondary N) is 1. The molecule has 0 aliphatic carbocycles. The molecule has 2 fully saturated rings. The van der Waals surface area contributed by atoms with Crippen molar-refractivity contribution in [3.8, 4) is 0 Å². The van der Waals surface area contributed by atoms with Crippen LogP contribution in [0.2, 0.25) is 0 Å². The number of piperazine rings is 1. The first kappa shape index (κ1) is 17.4. The Morgan fingerprint density at radius 3 is 2.44 bits per heavy atom. The predicted molar refractivity (Wildman–Crippen MR) is 97.9 cm³/mol. The van der Waals surface area contributed by atoms with Crippen LogP contribution in [0.25, 0.3) is 0 Å². The number of carbonyl (C=O) groups excluding carboxylic acids is 2. The van der Waals surface area contributed by atoms with Gasteiger partial charge in [-0.25, -0.2) is 9.97 Å². The number of aromatic nitrogens is 2. The summed E-state index contributed by atoms with van der Waals surface area (Å²) in [6, 6.07) is 10.8. The van der Waals surface area contributed by atoms with Gasteiger partial charge in [0.2, 0.25) is 11.9 Å². The Hall–Kier alpha value is -3.00. The molecule has 0 unspecified atom stereocenters. The van der Waals surface area contributed by atoms with Gasteiger partial charge in [0, 0.05) is 38.6 Å². The average molecular weight is 367 g/mol. The molecule has 2 aliphatic rings. The van der Waals surface area contributed by atoms with E-state index in [0.29, 0.717) is 32.1 Å². The second-order valence-corrected chi connectivity index (χ2v) is 6.55. The van der Waals surface area contributed by atoms with Crippen molar-refractivity contribution < 1.29 is 14.3 Å². The Morgan fingerprint density at radius 2 is 1.74 bits per heavy atom. The van der Waals surface area contributed by atoms with Gasteiger partial charge in [0.15, 0.2) is 6.10 Å². The van der Waals surface area contributed by atoms with Gasteiger partial charge in [0.05, 0.1) is 6.04 Å². The van der Waals surface area contributed by atoms with Gasteiger partial charge in [-0.1, -0.05) is 30.3 Å². The largest absolute Gasteiger partial charge is 0.356 e. The molecule has 2 aliphatic heterocycles. The fraction of sp³-hybridized carbons (Fsp3) is 0.368. The lowest BCUT2D eigenvalue weighted by Crippen LogP contribution is -2.57. The molecule has 3 heterocycles. The van der Waals surface area contributed by atoms with Crippen LogP contribution in [0.5, 0.6) is 0 Å². The number of carbonyl (C=O) groups is 2. The molecule has 0 saturated carbocycles. The third kappa shape index (κ3) is 3.75. The number of ether oxygens (including phenoxy) is 1. The Labute approximate surface area is 157 Å². The van der Waals surface area contributed by atoms with Crippen LogP contribution in [-0.4, -0.2) is 65.6 Å². The summed E-state index contributed by atoms with van der Waals surface area (Å²) in [5.74, 6) is 0.365. The maximum Gasteiger partial charge on any atom is 0.254 e. The van der Waals surface area contributed by atoms with Gasteiger partial charge in [-0.05, 0) is 11.6 Å². The maximum atomic E-state index is 13.1. The molecular formula is C19H21N5O3. The average Bonchev–Trinajstić information content (AvgIpc) is 2.74. The molecule has 0 bridgehead atoms. The lowest BCUT2D eigenvalue weighted by molar-refractivity contribution is -0.155. The summed E-state index contributed by atoms with van der Waals surface area (Å²) in [4.78, 5) is 37.3. The Morgan fingerprint density at radius 1 is 1.04 bits per heavy atom. The molecule has 2 amide bonds. The first-order chi connectivity index (χ1) is 13.2. The normalized spacial score (nSPS) is 23.0. The zero-order valence-corrected chi connectivity index (χ0v) is 14.8. The molecule has 1 aromatic heterocycles. The standard InChI is InChI=1S/C19H21N5O3/c25-15-13-27-17(16(22-15)14-5-2-1-3-6-14)18(26)23-9-11-24(12-10-23)19-20-7-4-8-21-19/h1-8,16-17H,9-13H2,(H,22,25)/t16-,17+/m0/s1. The zero-order valence-electron chi connectivity index (χ0n) is 14.8. The monoisotopic (exact) mass is 367 g/mol. The predicted octanol–water partition coefficient (Wildman–Crippen LogP) is 0.382. The van der Waals surface area contributed by atoms with Crippen LogP contribution in [0.15, 0.2) is 48.8 Å². The van der Waals surface area contributed by atoms with Gasteiger partial charge >= 0.3 is 0 Å². The molecule has 27 heavy (non-hydrogen) atoms. The van der Waals surface area contributed by atoms with Gasteiger partial charge in [0.1, 0.15) is 6.61 Å². The Bertz CT molecular complexity index is 794. The molecule has 2 saturated heterocycles. The van der Waals surface area contributed by atoms with Crippen molar-refractivity contribution in [2.75, 3.05) is 37.7 Å². The number of nitrogens with zero attached hydrogens (tertiary/aromatic N) is 4. The van der Waals surface area contributed by atoms with Crippen molar-refractivity contribution in [2.45, 2.75) is 12.1 Å². The van der Waals surface area contributed by atoms with E-state index in [9.17, 15) is 9.59 Å². The molecule has 2 aromatic rings. The van der Waals surface area contributed by atoms with E-state index in [1.54, 1.807) is 23.4 Å². The van der Waals surface area contributed by atoms with Crippen LogP contribution in [0, 0.1) is 0 Å². The van der Waals surface area contributed by atoms with E-state index in [0.717, 1.165) is 5.56 Å². The fourth-order valence-corrected chi connectivity index (χ4v) is 3.45. The summed E-state index contributed by atoms with van der Waals surface area (Å²) in [5.41, 5.74) is 0.861. The summed E-state index contributed by atoms with van der Waals surface area (Å²) < 4.78 is 5.64. The first-order valence-corrected chi connectivity index (χ1v) is 8.99. The van der Waals surface area contributed by atoms with Crippen molar-refractivity contribution in [1.29, 1.82) is 0 Å². The first-order valence-electron chi connectivity index (χ1n) is 8.99. The molecule has 0 spiro atoms. The smallest absolute Gasteiger partial charge is 0.254 e. The molecule has 140 valence electrons. The van der Waals surface area contributed by atoms with Gasteiger partial charge < -0.3 is 19.9 Å². The van der Waals surface area contributed by atoms with Crippen molar-refractivity contribution in [1.82, 2.24) is 20.2 Å². The van der Waals surface area contributed by atoms with Gasteiger partial charge in [0.25, 0.3) is 5.91 Å². The highest BCUT2D eigenvalue weighted by molar-refractivity contribution is 5.86. The van der Waals surface area contributed by atoms with Crippen molar-refractivity contribution in [2.24, 2.45) is 0 Å². The Balaban J connectivity index is 1.44. The summed E-state index contributed by atoms with van der Waals surface area (Å²) in [5, 5.41) is 2.90. The topological polar surface area (TPSA) is 87.7 Å². The van der Waals surface area contributed by atoms with Crippen molar-refractivity contribution >= 4 is 17.8 Å². The summed E-state index contributed by atoms with van der Waals surface area (Å²) in [6.07, 6.45) is 2.70. The van der Waals surface area contributed by atoms with Crippen LogP contribution < -0.4 is 10.2 Å². The summed E-state index contributed by atoms with van der Waals surface area (Å²) in [7, 11) is 0. The number of hydrogen-bond acceptors (Lipinski definition) is 6. The number of rotatable bonds is 3. The fourth-order valence-electron chi connectivity index (χ4n) is 3.45. The Kier molecular flexibility index (Phi) is 4.97. The minimum absolute atomic E-state index is 0.0996. The molecule has 2 atom stereocenters. The van der Waals surface area contributed by atoms with Crippen LogP contribution in [0.3, 0.4) is 0 Å². The number of amides is 2. The van der Waals surface area contributed by atoms with Crippen LogP contribution in [-0.2, 0) is 14.3 Å². The highest BCUT2D eigenvalue weighted by Gasteiger charge is 2.39. The van der Waals surface area contributed by atoms with E-state index in [1.807, 2.05) is 30.3 Å². The maximum absolute atomic E-state index is 13.1. The second-order valence-electron chi connectivity index (χ2n) is 6.55. The SMILES string of the molecule is O=C1CO[C@@H](C(=O)N2CCN(c3ncccn3)CC2)[C@H](c2ccccc2)N1. The minimum atomic E-state index is -0.718. The van der Waals surface area contributed by atoms with Gasteiger partial charge in [-0.15, -0.1) is 0 Å². The van der Waals surface area contributed by atoms with E-state index >= 15 is 0 Å². The van der Waals surface area contributed by atoms with E-state index in [4.69, 9.17) is 4.74 Å². The van der Waals surface area contributed by atoms with E-state index < -0.39 is 12.1 Å². The third-order valence-corrected chi connectivity index (χ3v) is 4.84. The lowest BCUT2D eigenvalue weighted by atomic mass is 9.98. The molecule has 1 N–H and O–H groups in total. The van der Waals surface area contributed by atoms with Crippen molar-refractivity contribution in [3.05, 3.63) is 54.4 Å². The lowest BCUT2D eigenvalue weighted by Gasteiger charge is -2.39. The van der Waals surface area contributed by atoms with Crippen LogP contribution in [0.4, 0.5) is 5.95 Å². The van der Waals surface area contributed by atoms with Gasteiger partial charge in [-0.2, -0.15) is 0 Å². The molecule has 1 aromatic carbocycles. The van der Waals surface area contributed by atoms with E-state index in [-0.39, 0.29) is 18.4 Å². The molecule has 8 heteroatoms. The highest BCUT2D eigenvalue weighted by Crippen LogP contribution is 2.24. The summed E-state index contributed by atoms with van der Waals surface area (Å²) in [6.45, 7) is 2.34. The van der Waals surface area contributed by atoms with Gasteiger partial charge in [-0.3, -0.25) is 9.59 Å². The third-order valence-electron chi connectivity index (χ3n) is 4.84. The number of anilines is 1. The number of morpholine rings is 1. The van der Waals surface area contributed by atoms with Crippen LogP contribution in [0.1, 0.15) is 11.6 Å². The minimum Gasteiger partial charge on any atom is -0.356 e. The number of hydrogen-bond donors (Lipinski definition) is 1. The number of benzene rings is 1. The molecule has 8 nitrogen and oxygen atoms in total. The quantitative estimate of drug-likeness (QED) is 0.844. The summed E-state index contributed by atoms with van der Waals surface area (Å²) >= 11 is 0.